The van der Waals surface area contributed by atoms with Crippen molar-refractivity contribution in [3.05, 3.63) is 85.3 Å². The molecule has 0 saturated carbocycles. The third-order valence-electron chi connectivity index (χ3n) is 3.58. The van der Waals surface area contributed by atoms with Crippen LogP contribution in [0, 0.1) is 6.92 Å². The van der Waals surface area contributed by atoms with Crippen LogP contribution >= 0.6 is 46.3 Å². The highest BCUT2D eigenvalue weighted by molar-refractivity contribution is 7.97. The van der Waals surface area contributed by atoms with Gasteiger partial charge in [0.25, 0.3) is 0 Å². The Balaban J connectivity index is 1.52. The Kier molecular flexibility index (Phi) is 6.23. The van der Waals surface area contributed by atoms with Crippen LogP contribution < -0.4 is 0 Å². The maximum atomic E-state index is 6.05. The number of halogens is 2. The normalized spacial score (nSPS) is 11.0. The molecular formula is C19H17Cl2NS2. The summed E-state index contributed by atoms with van der Waals surface area (Å²) in [6.07, 6.45) is 0.905. The third kappa shape index (κ3) is 5.00. The molecule has 0 aliphatic rings. The van der Waals surface area contributed by atoms with Crippen LogP contribution in [0.4, 0.5) is 0 Å². The van der Waals surface area contributed by atoms with Gasteiger partial charge >= 0.3 is 0 Å². The first-order valence-corrected chi connectivity index (χ1v) is 10.4. The molecule has 3 rings (SSSR count). The van der Waals surface area contributed by atoms with Crippen LogP contribution in [0.15, 0.2) is 47.8 Å². The molecule has 124 valence electrons. The smallest absolute Gasteiger partial charge is 0.0972 e. The summed E-state index contributed by atoms with van der Waals surface area (Å²) in [7, 11) is 0. The number of aryl methyl sites for hydroxylation is 1. The highest BCUT2D eigenvalue weighted by Gasteiger charge is 2.05. The van der Waals surface area contributed by atoms with E-state index in [1.54, 1.807) is 11.3 Å². The molecule has 0 spiro atoms. The highest BCUT2D eigenvalue weighted by atomic mass is 35.5. The van der Waals surface area contributed by atoms with E-state index in [-0.39, 0.29) is 0 Å². The van der Waals surface area contributed by atoms with Gasteiger partial charge in [-0.1, -0.05) is 59.1 Å². The van der Waals surface area contributed by atoms with E-state index in [1.807, 2.05) is 30.0 Å². The Hall–Kier alpha value is -1.00. The average molecular weight is 394 g/mol. The standard InChI is InChI=1S/C19H17Cl2NS2/c1-13-2-4-14(5-3-13)9-19-22-16(12-24-19)11-23-10-15-6-7-17(20)18(21)8-15/h2-8,12H,9-11H2,1H3. The van der Waals surface area contributed by atoms with E-state index >= 15 is 0 Å². The lowest BCUT2D eigenvalue weighted by Gasteiger charge is -2.02. The predicted molar refractivity (Wildman–Crippen MR) is 108 cm³/mol. The zero-order valence-corrected chi connectivity index (χ0v) is 16.4. The van der Waals surface area contributed by atoms with Crippen LogP contribution in [-0.4, -0.2) is 4.98 Å². The van der Waals surface area contributed by atoms with Gasteiger partial charge in [-0.3, -0.25) is 0 Å². The summed E-state index contributed by atoms with van der Waals surface area (Å²) in [5, 5.41) is 4.55. The SMILES string of the molecule is Cc1ccc(Cc2nc(CSCc3ccc(Cl)c(Cl)c3)cs2)cc1. The van der Waals surface area contributed by atoms with Crippen LogP contribution in [-0.2, 0) is 17.9 Å². The van der Waals surface area contributed by atoms with Crippen LogP contribution in [0.2, 0.25) is 10.0 Å². The fourth-order valence-corrected chi connectivity index (χ4v) is 4.41. The molecular weight excluding hydrogens is 377 g/mol. The van der Waals surface area contributed by atoms with Gasteiger partial charge in [0.2, 0.25) is 0 Å². The lowest BCUT2D eigenvalue weighted by Crippen LogP contribution is -1.89. The van der Waals surface area contributed by atoms with E-state index < -0.39 is 0 Å². The maximum Gasteiger partial charge on any atom is 0.0972 e. The second-order valence-corrected chi connectivity index (χ2v) is 8.38. The van der Waals surface area contributed by atoms with Crippen molar-refractivity contribution < 1.29 is 0 Å². The molecule has 1 aromatic heterocycles. The highest BCUT2D eigenvalue weighted by Crippen LogP contribution is 2.26. The second kappa shape index (κ2) is 8.39. The first kappa shape index (κ1) is 17.8. The number of aromatic nitrogens is 1. The van der Waals surface area contributed by atoms with Crippen molar-refractivity contribution in [2.24, 2.45) is 0 Å². The summed E-state index contributed by atoms with van der Waals surface area (Å²) >= 11 is 15.6. The Labute approximate surface area is 161 Å². The van der Waals surface area contributed by atoms with E-state index in [0.717, 1.165) is 23.6 Å². The van der Waals surface area contributed by atoms with Gasteiger partial charge < -0.3 is 0 Å². The van der Waals surface area contributed by atoms with Crippen molar-refractivity contribution in [1.29, 1.82) is 0 Å². The van der Waals surface area contributed by atoms with Gasteiger partial charge in [-0.25, -0.2) is 4.98 Å². The van der Waals surface area contributed by atoms with E-state index in [2.05, 4.69) is 36.6 Å². The molecule has 0 radical (unpaired) electrons. The van der Waals surface area contributed by atoms with Crippen LogP contribution in [0.3, 0.4) is 0 Å². The molecule has 1 nitrogen and oxygen atoms in total. The van der Waals surface area contributed by atoms with Gasteiger partial charge in [0, 0.05) is 23.3 Å². The van der Waals surface area contributed by atoms with Crippen LogP contribution in [0.5, 0.6) is 0 Å². The Bertz CT molecular complexity index is 812. The number of thioether (sulfide) groups is 1. The summed E-state index contributed by atoms with van der Waals surface area (Å²) < 4.78 is 0. The molecule has 0 atom stereocenters. The summed E-state index contributed by atoms with van der Waals surface area (Å²) in [6.45, 7) is 2.11. The Morgan fingerprint density at radius 2 is 1.71 bits per heavy atom. The van der Waals surface area contributed by atoms with Crippen molar-refractivity contribution in [2.45, 2.75) is 24.9 Å². The maximum absolute atomic E-state index is 6.05. The van der Waals surface area contributed by atoms with Gasteiger partial charge in [0.1, 0.15) is 0 Å². The van der Waals surface area contributed by atoms with Crippen molar-refractivity contribution in [3.63, 3.8) is 0 Å². The van der Waals surface area contributed by atoms with Crippen molar-refractivity contribution >= 4 is 46.3 Å². The molecule has 0 aliphatic heterocycles. The molecule has 1 heterocycles. The summed E-state index contributed by atoms with van der Waals surface area (Å²) in [5.41, 5.74) is 4.93. The third-order valence-corrected chi connectivity index (χ3v) is 6.25. The first-order valence-electron chi connectivity index (χ1n) is 7.60. The summed E-state index contributed by atoms with van der Waals surface area (Å²) in [6, 6.07) is 14.5. The number of hydrogen-bond acceptors (Lipinski definition) is 3. The molecule has 0 fully saturated rings. The number of benzene rings is 2. The fourth-order valence-electron chi connectivity index (χ4n) is 2.28. The molecule has 3 aromatic rings. The summed E-state index contributed by atoms with van der Waals surface area (Å²) in [5.74, 6) is 1.81. The van der Waals surface area contributed by atoms with Gasteiger partial charge in [0.05, 0.1) is 20.7 Å². The van der Waals surface area contributed by atoms with Gasteiger partial charge in [-0.15, -0.1) is 11.3 Å². The van der Waals surface area contributed by atoms with Crippen LogP contribution in [0.1, 0.15) is 27.4 Å². The minimum absolute atomic E-state index is 0.602. The number of rotatable bonds is 6. The molecule has 0 saturated heterocycles. The number of thiazole rings is 1. The van der Waals surface area contributed by atoms with Crippen molar-refractivity contribution in [3.8, 4) is 0 Å². The quantitative estimate of drug-likeness (QED) is 0.457. The molecule has 0 unspecified atom stereocenters. The minimum atomic E-state index is 0.602. The zero-order valence-electron chi connectivity index (χ0n) is 13.3. The van der Waals surface area contributed by atoms with E-state index in [1.165, 1.54) is 21.7 Å². The minimum Gasteiger partial charge on any atom is -0.245 e. The average Bonchev–Trinajstić information content (AvgIpc) is 3.00. The monoisotopic (exact) mass is 393 g/mol. The lowest BCUT2D eigenvalue weighted by atomic mass is 10.1. The first-order chi connectivity index (χ1) is 11.6. The topological polar surface area (TPSA) is 12.9 Å². The molecule has 5 heteroatoms. The van der Waals surface area contributed by atoms with E-state index in [9.17, 15) is 0 Å². The van der Waals surface area contributed by atoms with Crippen LogP contribution in [0.25, 0.3) is 0 Å². The Morgan fingerprint density at radius 3 is 2.46 bits per heavy atom. The van der Waals surface area contributed by atoms with Gasteiger partial charge in [-0.2, -0.15) is 11.8 Å². The van der Waals surface area contributed by atoms with Gasteiger partial charge in [0.15, 0.2) is 0 Å². The molecule has 2 aromatic carbocycles. The molecule has 0 N–H and O–H groups in total. The van der Waals surface area contributed by atoms with Crippen molar-refractivity contribution in [2.75, 3.05) is 0 Å². The Morgan fingerprint density at radius 1 is 0.958 bits per heavy atom. The largest absolute Gasteiger partial charge is 0.245 e. The van der Waals surface area contributed by atoms with Crippen molar-refractivity contribution in [1.82, 2.24) is 4.98 Å². The van der Waals surface area contributed by atoms with Gasteiger partial charge in [-0.05, 0) is 30.2 Å². The number of hydrogen-bond donors (Lipinski definition) is 0. The lowest BCUT2D eigenvalue weighted by molar-refractivity contribution is 1.09. The molecule has 0 bridgehead atoms. The zero-order chi connectivity index (χ0) is 16.9. The molecule has 24 heavy (non-hydrogen) atoms. The van der Waals surface area contributed by atoms with E-state index in [4.69, 9.17) is 28.2 Å². The predicted octanol–water partition coefficient (Wildman–Crippen LogP) is 6.78. The fraction of sp³-hybridized carbons (Fsp3) is 0.211. The summed E-state index contributed by atoms with van der Waals surface area (Å²) in [4.78, 5) is 4.74. The van der Waals surface area contributed by atoms with E-state index in [0.29, 0.717) is 10.0 Å². The molecule has 0 amide bonds. The second-order valence-electron chi connectivity index (χ2n) is 5.64. The molecule has 0 aliphatic carbocycles. The number of nitrogens with zero attached hydrogens (tertiary/aromatic N) is 1.